The van der Waals surface area contributed by atoms with Gasteiger partial charge in [-0.15, -0.1) is 0 Å². The average Bonchev–Trinajstić information content (AvgIpc) is 3.31. The van der Waals surface area contributed by atoms with Crippen molar-refractivity contribution in [3.63, 3.8) is 0 Å². The molecule has 0 spiro atoms. The number of benzene rings is 10. The van der Waals surface area contributed by atoms with Crippen molar-refractivity contribution in [2.45, 2.75) is 66.2 Å². The highest BCUT2D eigenvalue weighted by Gasteiger charge is 2.46. The second-order valence-corrected chi connectivity index (χ2v) is 24.2. The Morgan fingerprint density at radius 2 is 1.16 bits per heavy atom. The van der Waals surface area contributed by atoms with E-state index in [-0.39, 0.29) is 17.5 Å². The number of para-hydroxylation sites is 3. The topological polar surface area (TPSA) is 41.3 Å². The summed E-state index contributed by atoms with van der Waals surface area (Å²) in [6.07, 6.45) is 0. The molecule has 1 aliphatic carbocycles. The zero-order valence-electron chi connectivity index (χ0n) is 47.2. The summed E-state index contributed by atoms with van der Waals surface area (Å²) in [6, 6.07) is 76.3. The maximum atomic E-state index is 6.85. The number of nitrogens with zero attached hydrogens (tertiary/aromatic N) is 3. The molecule has 394 valence electrons. The molecular weight excluding hydrogens is 990 g/mol. The molecule has 3 aliphatic heterocycles. The van der Waals surface area contributed by atoms with Crippen LogP contribution in [0.25, 0.3) is 44.5 Å². The molecule has 0 bridgehead atoms. The van der Waals surface area contributed by atoms with Crippen LogP contribution >= 0.6 is 0 Å². The van der Waals surface area contributed by atoms with E-state index in [0.29, 0.717) is 13.2 Å². The second-order valence-electron chi connectivity index (χ2n) is 24.2. The van der Waals surface area contributed by atoms with Crippen LogP contribution in [0.1, 0.15) is 68.0 Å². The molecule has 6 nitrogen and oxygen atoms in total. The Morgan fingerprint density at radius 1 is 0.506 bits per heavy atom. The molecule has 0 fully saturated rings. The van der Waals surface area contributed by atoms with Crippen molar-refractivity contribution in [2.24, 2.45) is 0 Å². The zero-order chi connectivity index (χ0) is 55.1. The highest BCUT2D eigenvalue weighted by atomic mass is 16.6. The predicted octanol–water partition coefficient (Wildman–Crippen LogP) is 17.6. The van der Waals surface area contributed by atoms with E-state index in [1.54, 1.807) is 0 Å². The summed E-state index contributed by atoms with van der Waals surface area (Å²) in [5.41, 5.74) is 27.4. The van der Waals surface area contributed by atoms with Gasteiger partial charge in [0.2, 0.25) is 0 Å². The lowest BCUT2D eigenvalue weighted by Crippen LogP contribution is -2.61. The van der Waals surface area contributed by atoms with Gasteiger partial charge in [-0.05, 0) is 189 Å². The van der Waals surface area contributed by atoms with Crippen LogP contribution in [0.5, 0.6) is 11.5 Å². The smallest absolute Gasteiger partial charge is 0.252 e. The summed E-state index contributed by atoms with van der Waals surface area (Å²) in [5.74, 6) is 2.38. The van der Waals surface area contributed by atoms with Gasteiger partial charge >= 0.3 is 0 Å². The summed E-state index contributed by atoms with van der Waals surface area (Å²) < 4.78 is 20.2. The van der Waals surface area contributed by atoms with Crippen LogP contribution in [0.3, 0.4) is 0 Å². The molecule has 0 unspecified atom stereocenters. The second kappa shape index (κ2) is 18.2. The standard InChI is InChI=1S/C74H62BN3O3/c1-45-35-64-69-65(36-45)78(70-46(2)37-52(38-47(70)3)73(4,5)6)71-62(31-32-67-72(71)80-34-33-79-67)75(69)61-30-28-55(76(53-20-11-9-12-21-53)54-22-13-10-14-23-54)44-63(61)77(64)56-40-50(39-51(41-56)68-43-49-19-15-18-26-66(49)81-68)48-27-29-58-57-24-16-17-25-59(57)74(7,8)60(58)42-48/h9-32,35-44H,33-34H2,1-8H3. The highest BCUT2D eigenvalue weighted by Crippen LogP contribution is 2.54. The van der Waals surface area contributed by atoms with Crippen molar-refractivity contribution in [2.75, 3.05) is 27.9 Å². The molecule has 7 heteroatoms. The molecule has 10 aromatic carbocycles. The third-order valence-electron chi connectivity index (χ3n) is 17.5. The Balaban J connectivity index is 1.03. The van der Waals surface area contributed by atoms with E-state index < -0.39 is 0 Å². The van der Waals surface area contributed by atoms with Crippen LogP contribution in [0.4, 0.5) is 51.2 Å². The summed E-state index contributed by atoms with van der Waals surface area (Å²) in [5, 5.41) is 1.07. The van der Waals surface area contributed by atoms with E-state index in [2.05, 4.69) is 270 Å². The molecule has 4 aliphatic rings. The fourth-order valence-electron chi connectivity index (χ4n) is 13.8. The molecule has 0 atom stereocenters. The van der Waals surface area contributed by atoms with Crippen LogP contribution in [0.15, 0.2) is 211 Å². The lowest BCUT2D eigenvalue weighted by Gasteiger charge is -2.46. The summed E-state index contributed by atoms with van der Waals surface area (Å²) in [4.78, 5) is 7.45. The Kier molecular flexibility index (Phi) is 11.0. The molecule has 11 aromatic rings. The lowest BCUT2D eigenvalue weighted by atomic mass is 9.33. The molecule has 0 radical (unpaired) electrons. The van der Waals surface area contributed by atoms with Gasteiger partial charge in [0, 0.05) is 56.2 Å². The number of anilines is 9. The summed E-state index contributed by atoms with van der Waals surface area (Å²) >= 11 is 0. The monoisotopic (exact) mass is 1050 g/mol. The third kappa shape index (κ3) is 7.69. The number of rotatable bonds is 7. The summed E-state index contributed by atoms with van der Waals surface area (Å²) in [7, 11) is 0. The quantitative estimate of drug-likeness (QED) is 0.148. The lowest BCUT2D eigenvalue weighted by molar-refractivity contribution is 0.172. The molecule has 81 heavy (non-hydrogen) atoms. The van der Waals surface area contributed by atoms with Crippen LogP contribution in [-0.2, 0) is 10.8 Å². The largest absolute Gasteiger partial charge is 0.486 e. The number of hydrogen-bond acceptors (Lipinski definition) is 6. The van der Waals surface area contributed by atoms with Gasteiger partial charge in [0.1, 0.15) is 24.6 Å². The van der Waals surface area contributed by atoms with Crippen LogP contribution in [0, 0.1) is 20.8 Å². The maximum Gasteiger partial charge on any atom is 0.252 e. The van der Waals surface area contributed by atoms with Crippen LogP contribution in [0.2, 0.25) is 0 Å². The first-order valence-electron chi connectivity index (χ1n) is 28.5. The number of furan rings is 1. The molecule has 15 rings (SSSR count). The van der Waals surface area contributed by atoms with E-state index in [0.717, 1.165) is 102 Å². The number of hydrogen-bond donors (Lipinski definition) is 0. The maximum absolute atomic E-state index is 6.85. The van der Waals surface area contributed by atoms with Crippen molar-refractivity contribution < 1.29 is 13.9 Å². The van der Waals surface area contributed by atoms with E-state index in [9.17, 15) is 0 Å². The Labute approximate surface area is 475 Å². The predicted molar refractivity (Wildman–Crippen MR) is 337 cm³/mol. The van der Waals surface area contributed by atoms with Crippen LogP contribution in [-0.4, -0.2) is 19.9 Å². The van der Waals surface area contributed by atoms with Crippen molar-refractivity contribution in [3.05, 3.63) is 240 Å². The van der Waals surface area contributed by atoms with Crippen molar-refractivity contribution >= 4 is 85.3 Å². The molecule has 0 amide bonds. The van der Waals surface area contributed by atoms with Gasteiger partial charge in [-0.3, -0.25) is 0 Å². The zero-order valence-corrected chi connectivity index (χ0v) is 47.2. The minimum atomic E-state index is -0.176. The van der Waals surface area contributed by atoms with Crippen molar-refractivity contribution in [3.8, 4) is 45.1 Å². The van der Waals surface area contributed by atoms with Crippen molar-refractivity contribution in [1.29, 1.82) is 0 Å². The van der Waals surface area contributed by atoms with Gasteiger partial charge < -0.3 is 28.6 Å². The van der Waals surface area contributed by atoms with E-state index in [4.69, 9.17) is 13.9 Å². The molecule has 4 heterocycles. The highest BCUT2D eigenvalue weighted by molar-refractivity contribution is 7.00. The van der Waals surface area contributed by atoms with E-state index in [1.165, 1.54) is 55.3 Å². The minimum absolute atomic E-state index is 0.0337. The van der Waals surface area contributed by atoms with Crippen molar-refractivity contribution in [1.82, 2.24) is 0 Å². The van der Waals surface area contributed by atoms with Gasteiger partial charge in [0.25, 0.3) is 6.71 Å². The average molecular weight is 1050 g/mol. The number of ether oxygens (including phenoxy) is 2. The molecule has 0 saturated carbocycles. The SMILES string of the molecule is Cc1cc2c3c(c1)N(c1c(C)cc(C(C)(C)C)cc1C)c1c(ccc4c1OCCO4)B3c1ccc(N(c3ccccc3)c3ccccc3)cc1N2c1cc(-c2ccc3c(c2)C(C)(C)c2ccccc2-3)cc(-c2cc3ccccc3o2)c1. The fraction of sp³-hybridized carbons (Fsp3) is 0.162. The van der Waals surface area contributed by atoms with E-state index in [1.807, 2.05) is 6.07 Å². The van der Waals surface area contributed by atoms with Crippen LogP contribution < -0.4 is 40.6 Å². The fourth-order valence-corrected chi connectivity index (χ4v) is 13.8. The number of aryl methyl sites for hydroxylation is 3. The van der Waals surface area contributed by atoms with Gasteiger partial charge in [-0.25, -0.2) is 0 Å². The number of fused-ring (bicyclic) bond motifs is 10. The Hall–Kier alpha value is -9.20. The van der Waals surface area contributed by atoms with Gasteiger partial charge in [0.05, 0.1) is 11.4 Å². The van der Waals surface area contributed by atoms with E-state index >= 15 is 0 Å². The first-order chi connectivity index (χ1) is 39.3. The molecule has 0 saturated heterocycles. The van der Waals surface area contributed by atoms with Gasteiger partial charge in [-0.2, -0.15) is 0 Å². The minimum Gasteiger partial charge on any atom is -0.486 e. The third-order valence-corrected chi connectivity index (χ3v) is 17.5. The molecule has 1 aromatic heterocycles. The van der Waals surface area contributed by atoms with Gasteiger partial charge in [0.15, 0.2) is 11.5 Å². The Morgan fingerprint density at radius 3 is 1.90 bits per heavy atom. The normalized spacial score (nSPS) is 14.3. The first-order valence-corrected chi connectivity index (χ1v) is 28.5. The first kappa shape index (κ1) is 48.9. The Bertz CT molecular complexity index is 4290. The molecule has 0 N–H and O–H groups in total. The van der Waals surface area contributed by atoms with Gasteiger partial charge in [-0.1, -0.05) is 150 Å². The molecular formula is C74H62BN3O3. The summed E-state index contributed by atoms with van der Waals surface area (Å²) in [6.45, 7) is 19.2.